The van der Waals surface area contributed by atoms with Crippen LogP contribution in [-0.4, -0.2) is 34.3 Å². The molecular weight excluding hydrogens is 396 g/mol. The molecule has 32 heavy (non-hydrogen) atoms. The van der Waals surface area contributed by atoms with Gasteiger partial charge in [0.2, 0.25) is 0 Å². The van der Waals surface area contributed by atoms with Gasteiger partial charge in [0.1, 0.15) is 11.5 Å². The monoisotopic (exact) mass is 424 g/mol. The standard InChI is InChI=1S/C27H28N4O/c1-20-5-4-6-21(15-20)27-17-23-19-30(12-9-26(23)32-27)24-7-8-25-22(16-24)18-28-31(25)14-13-29-10-2-3-11-29/h4-9,12,15-18H,2-3,10-11,13-14,19H2,1H3. The number of hydrogen-bond acceptors (Lipinski definition) is 4. The Balaban J connectivity index is 1.21. The van der Waals surface area contributed by atoms with Gasteiger partial charge in [-0.05, 0) is 69.3 Å². The lowest BCUT2D eigenvalue weighted by Gasteiger charge is -2.23. The first kappa shape index (κ1) is 19.4. The highest BCUT2D eigenvalue weighted by molar-refractivity contribution is 5.83. The maximum Gasteiger partial charge on any atom is 0.135 e. The first-order valence-corrected chi connectivity index (χ1v) is 11.6. The van der Waals surface area contributed by atoms with E-state index in [1.807, 2.05) is 6.20 Å². The highest BCUT2D eigenvalue weighted by Crippen LogP contribution is 2.33. The Labute approximate surface area is 188 Å². The molecule has 0 unspecified atom stereocenters. The zero-order chi connectivity index (χ0) is 21.5. The summed E-state index contributed by atoms with van der Waals surface area (Å²) in [6, 6.07) is 17.3. The van der Waals surface area contributed by atoms with Crippen molar-refractivity contribution < 1.29 is 4.42 Å². The SMILES string of the molecule is Cc1cccc(-c2cc3c(o2)C=CN(c2ccc4c(cnn4CCN4CCCC4)c2)C3)c1. The summed E-state index contributed by atoms with van der Waals surface area (Å²) >= 11 is 0. The quantitative estimate of drug-likeness (QED) is 0.412. The normalized spacial score (nSPS) is 16.2. The first-order chi connectivity index (χ1) is 15.7. The molecule has 1 saturated heterocycles. The van der Waals surface area contributed by atoms with Crippen molar-refractivity contribution in [3.05, 3.63) is 77.8 Å². The molecular formula is C27H28N4O. The zero-order valence-electron chi connectivity index (χ0n) is 18.5. The molecule has 2 aliphatic rings. The summed E-state index contributed by atoms with van der Waals surface area (Å²) in [6.45, 7) is 7.40. The Hall–Kier alpha value is -3.31. The average Bonchev–Trinajstić information content (AvgIpc) is 3.56. The van der Waals surface area contributed by atoms with E-state index >= 15 is 0 Å². The summed E-state index contributed by atoms with van der Waals surface area (Å²) in [5.74, 6) is 1.88. The second kappa shape index (κ2) is 7.99. The van der Waals surface area contributed by atoms with Crippen molar-refractivity contribution in [2.24, 2.45) is 0 Å². The molecule has 0 spiro atoms. The third kappa shape index (κ3) is 3.63. The molecule has 0 radical (unpaired) electrons. The number of aromatic nitrogens is 2. The number of rotatable bonds is 5. The molecule has 5 nitrogen and oxygen atoms in total. The molecule has 0 aliphatic carbocycles. The van der Waals surface area contributed by atoms with Crippen LogP contribution in [0.2, 0.25) is 0 Å². The Morgan fingerprint density at radius 2 is 1.91 bits per heavy atom. The number of likely N-dealkylation sites (tertiary alicyclic amines) is 1. The number of furan rings is 1. The second-order valence-electron chi connectivity index (χ2n) is 8.97. The number of nitrogens with zero attached hydrogens (tertiary/aromatic N) is 4. The Morgan fingerprint density at radius 1 is 1.00 bits per heavy atom. The molecule has 0 N–H and O–H groups in total. The highest BCUT2D eigenvalue weighted by atomic mass is 16.3. The Morgan fingerprint density at radius 3 is 2.78 bits per heavy atom. The van der Waals surface area contributed by atoms with Crippen LogP contribution in [0, 0.1) is 6.92 Å². The summed E-state index contributed by atoms with van der Waals surface area (Å²) in [5, 5.41) is 5.85. The summed E-state index contributed by atoms with van der Waals surface area (Å²) in [6.07, 6.45) is 8.84. The number of anilines is 1. The average molecular weight is 425 g/mol. The van der Waals surface area contributed by atoms with Gasteiger partial charge in [0, 0.05) is 34.9 Å². The lowest BCUT2D eigenvalue weighted by molar-refractivity contribution is 0.318. The van der Waals surface area contributed by atoms with Crippen molar-refractivity contribution in [1.29, 1.82) is 0 Å². The van der Waals surface area contributed by atoms with Crippen molar-refractivity contribution in [3.63, 3.8) is 0 Å². The number of aryl methyl sites for hydroxylation is 1. The van der Waals surface area contributed by atoms with Gasteiger partial charge in [-0.1, -0.05) is 23.8 Å². The minimum absolute atomic E-state index is 0.801. The molecule has 6 rings (SSSR count). The fourth-order valence-corrected chi connectivity index (χ4v) is 4.89. The van der Waals surface area contributed by atoms with Gasteiger partial charge in [-0.15, -0.1) is 0 Å². The topological polar surface area (TPSA) is 37.4 Å². The van der Waals surface area contributed by atoms with E-state index < -0.39 is 0 Å². The molecule has 2 aromatic carbocycles. The Bertz CT molecular complexity index is 1290. The van der Waals surface area contributed by atoms with E-state index in [1.165, 1.54) is 53.6 Å². The minimum Gasteiger partial charge on any atom is -0.456 e. The third-order valence-corrected chi connectivity index (χ3v) is 6.67. The van der Waals surface area contributed by atoms with Crippen molar-refractivity contribution in [2.45, 2.75) is 32.9 Å². The molecule has 2 aromatic heterocycles. The van der Waals surface area contributed by atoms with Crippen LogP contribution in [-0.2, 0) is 13.1 Å². The van der Waals surface area contributed by atoms with E-state index in [4.69, 9.17) is 4.42 Å². The van der Waals surface area contributed by atoms with Gasteiger partial charge in [0.25, 0.3) is 0 Å². The lowest BCUT2D eigenvalue weighted by Crippen LogP contribution is -2.24. The van der Waals surface area contributed by atoms with Gasteiger partial charge in [-0.25, -0.2) is 0 Å². The van der Waals surface area contributed by atoms with E-state index in [2.05, 4.69) is 87.3 Å². The zero-order valence-corrected chi connectivity index (χ0v) is 18.5. The minimum atomic E-state index is 0.801. The van der Waals surface area contributed by atoms with E-state index in [-0.39, 0.29) is 0 Å². The van der Waals surface area contributed by atoms with Gasteiger partial charge in [0.15, 0.2) is 0 Å². The molecule has 162 valence electrons. The smallest absolute Gasteiger partial charge is 0.135 e. The van der Waals surface area contributed by atoms with Gasteiger partial charge < -0.3 is 14.2 Å². The van der Waals surface area contributed by atoms with Crippen molar-refractivity contribution in [2.75, 3.05) is 24.5 Å². The third-order valence-electron chi connectivity index (χ3n) is 6.67. The summed E-state index contributed by atoms with van der Waals surface area (Å²) in [4.78, 5) is 4.81. The molecule has 0 bridgehead atoms. The molecule has 0 amide bonds. The maximum absolute atomic E-state index is 6.14. The van der Waals surface area contributed by atoms with Crippen LogP contribution in [0.4, 0.5) is 5.69 Å². The predicted octanol–water partition coefficient (Wildman–Crippen LogP) is 5.69. The van der Waals surface area contributed by atoms with Crippen LogP contribution in [0.5, 0.6) is 0 Å². The van der Waals surface area contributed by atoms with Crippen molar-refractivity contribution in [1.82, 2.24) is 14.7 Å². The van der Waals surface area contributed by atoms with E-state index in [9.17, 15) is 0 Å². The summed E-state index contributed by atoms with van der Waals surface area (Å²) in [7, 11) is 0. The maximum atomic E-state index is 6.14. The summed E-state index contributed by atoms with van der Waals surface area (Å²) < 4.78 is 8.29. The fourth-order valence-electron chi connectivity index (χ4n) is 4.89. The van der Waals surface area contributed by atoms with Crippen LogP contribution in [0.3, 0.4) is 0 Å². The lowest BCUT2D eigenvalue weighted by atomic mass is 10.1. The largest absolute Gasteiger partial charge is 0.456 e. The van der Waals surface area contributed by atoms with Crippen molar-refractivity contribution >= 4 is 22.7 Å². The van der Waals surface area contributed by atoms with Gasteiger partial charge >= 0.3 is 0 Å². The molecule has 0 saturated carbocycles. The molecule has 4 heterocycles. The van der Waals surface area contributed by atoms with Crippen LogP contribution < -0.4 is 4.90 Å². The predicted molar refractivity (Wildman–Crippen MR) is 130 cm³/mol. The fraction of sp³-hybridized carbons (Fsp3) is 0.296. The van der Waals surface area contributed by atoms with E-state index in [0.29, 0.717) is 0 Å². The van der Waals surface area contributed by atoms with E-state index in [1.54, 1.807) is 0 Å². The second-order valence-corrected chi connectivity index (χ2v) is 8.97. The van der Waals surface area contributed by atoms with Gasteiger partial charge in [-0.2, -0.15) is 5.10 Å². The number of fused-ring (bicyclic) bond motifs is 2. The molecule has 5 heteroatoms. The van der Waals surface area contributed by atoms with Crippen LogP contribution in [0.15, 0.2) is 65.3 Å². The van der Waals surface area contributed by atoms with Gasteiger partial charge in [0.05, 0.1) is 24.8 Å². The first-order valence-electron chi connectivity index (χ1n) is 11.6. The highest BCUT2D eigenvalue weighted by Gasteiger charge is 2.19. The van der Waals surface area contributed by atoms with Gasteiger partial charge in [-0.3, -0.25) is 4.68 Å². The number of hydrogen-bond donors (Lipinski definition) is 0. The molecule has 4 aromatic rings. The van der Waals surface area contributed by atoms with Crippen LogP contribution in [0.25, 0.3) is 28.3 Å². The molecule has 2 aliphatic heterocycles. The molecule has 0 atom stereocenters. The number of benzene rings is 2. The van der Waals surface area contributed by atoms with Crippen molar-refractivity contribution in [3.8, 4) is 11.3 Å². The van der Waals surface area contributed by atoms with Crippen LogP contribution in [0.1, 0.15) is 29.7 Å². The Kier molecular flexibility index (Phi) is 4.84. The van der Waals surface area contributed by atoms with Crippen LogP contribution >= 0.6 is 0 Å². The summed E-state index contributed by atoms with van der Waals surface area (Å²) in [5.41, 5.74) is 5.97. The van der Waals surface area contributed by atoms with E-state index in [0.717, 1.165) is 36.7 Å². The molecule has 1 fully saturated rings.